The van der Waals surface area contributed by atoms with Crippen molar-refractivity contribution in [2.45, 2.75) is 418 Å². The van der Waals surface area contributed by atoms with Gasteiger partial charge in [0.15, 0.2) is 6.10 Å². The molecule has 0 aliphatic heterocycles. The maximum absolute atomic E-state index is 12.9. The van der Waals surface area contributed by atoms with Crippen LogP contribution in [0.5, 0.6) is 0 Å². The summed E-state index contributed by atoms with van der Waals surface area (Å²) in [5.74, 6) is -0.832. The summed E-state index contributed by atoms with van der Waals surface area (Å²) in [7, 11) is 1.16. The van der Waals surface area contributed by atoms with Crippen LogP contribution < -0.4 is 4.89 Å². The monoisotopic (exact) mass is 1470 g/mol. The van der Waals surface area contributed by atoms with E-state index in [4.69, 9.17) is 18.5 Å². The summed E-state index contributed by atoms with van der Waals surface area (Å²) in [6.45, 7) is 4.17. The average Bonchev–Trinajstić information content (AvgIpc) is 0.915. The minimum absolute atomic E-state index is 0.0360. The van der Waals surface area contributed by atoms with Crippen molar-refractivity contribution in [3.8, 4) is 0 Å². The van der Waals surface area contributed by atoms with Gasteiger partial charge in [-0.2, -0.15) is 0 Å². The number of carbonyl (C=O) groups excluding carboxylic acids is 2. The molecule has 0 saturated heterocycles. The van der Waals surface area contributed by atoms with Gasteiger partial charge in [0.1, 0.15) is 19.8 Å². The second kappa shape index (κ2) is 83.4. The van der Waals surface area contributed by atoms with Crippen molar-refractivity contribution in [3.05, 3.63) is 122 Å². The zero-order chi connectivity index (χ0) is 75.4. The Morgan fingerprint density at radius 1 is 0.308 bits per heavy atom. The molecule has 602 valence electrons. The Morgan fingerprint density at radius 3 is 0.817 bits per heavy atom. The minimum atomic E-state index is -4.66. The summed E-state index contributed by atoms with van der Waals surface area (Å²) in [5, 5.41) is 0. The van der Waals surface area contributed by atoms with E-state index < -0.39 is 26.5 Å². The summed E-state index contributed by atoms with van der Waals surface area (Å²) < 4.78 is 34.5. The van der Waals surface area contributed by atoms with Crippen molar-refractivity contribution in [1.29, 1.82) is 0 Å². The molecule has 0 aliphatic carbocycles. The number of phosphoric acid groups is 1. The van der Waals surface area contributed by atoms with E-state index in [0.717, 1.165) is 109 Å². The SMILES string of the molecule is CC/C=C\C/C=C\C/C=C\C/C=C\C/C=C\C/C=C\C/C=C\C/C=C\C/C=C\C/C=C\CCCCCCCCCCC(=O)OC(COC(=O)CCCCCCCCCCCCCCCCCCCCCCCCCCCCCCCCCCCCCCCCCCC)COP(=O)([O-])OCC[N+](C)(C)C. The Labute approximate surface area is 645 Å². The molecule has 0 N–H and O–H groups in total. The number of hydrogen-bond acceptors (Lipinski definition) is 8. The Balaban J connectivity index is 3.94. The molecule has 0 heterocycles. The quantitative estimate of drug-likeness (QED) is 0.0195. The summed E-state index contributed by atoms with van der Waals surface area (Å²) in [6, 6.07) is 0. The molecule has 10 heteroatoms. The first-order valence-corrected chi connectivity index (χ1v) is 45.7. The minimum Gasteiger partial charge on any atom is -0.756 e. The highest BCUT2D eigenvalue weighted by molar-refractivity contribution is 7.45. The van der Waals surface area contributed by atoms with E-state index in [9.17, 15) is 19.0 Å². The number of unbranched alkanes of at least 4 members (excludes halogenated alkanes) is 48. The summed E-state index contributed by atoms with van der Waals surface area (Å²) in [4.78, 5) is 38.2. The molecule has 2 unspecified atom stereocenters. The van der Waals surface area contributed by atoms with E-state index >= 15 is 0 Å². The third-order valence-electron chi connectivity index (χ3n) is 19.5. The van der Waals surface area contributed by atoms with Crippen LogP contribution in [0.1, 0.15) is 412 Å². The molecule has 0 rings (SSSR count). The lowest BCUT2D eigenvalue weighted by atomic mass is 10.0. The molecule has 0 aromatic carbocycles. The van der Waals surface area contributed by atoms with Crippen LogP contribution in [-0.4, -0.2) is 70.0 Å². The zero-order valence-corrected chi connectivity index (χ0v) is 69.8. The van der Waals surface area contributed by atoms with Crippen molar-refractivity contribution in [2.24, 2.45) is 0 Å². The van der Waals surface area contributed by atoms with Gasteiger partial charge < -0.3 is 27.9 Å². The van der Waals surface area contributed by atoms with E-state index in [2.05, 4.69) is 135 Å². The van der Waals surface area contributed by atoms with Gasteiger partial charge in [-0.3, -0.25) is 14.2 Å². The first kappa shape index (κ1) is 100. The van der Waals surface area contributed by atoms with Crippen molar-refractivity contribution < 1.29 is 42.1 Å². The topological polar surface area (TPSA) is 111 Å². The van der Waals surface area contributed by atoms with Crippen LogP contribution in [0, 0.1) is 0 Å². The Kier molecular flexibility index (Phi) is 80.6. The van der Waals surface area contributed by atoms with Crippen LogP contribution in [0.25, 0.3) is 0 Å². The fourth-order valence-corrected chi connectivity index (χ4v) is 13.5. The number of hydrogen-bond donors (Lipinski definition) is 0. The highest BCUT2D eigenvalue weighted by Gasteiger charge is 2.22. The van der Waals surface area contributed by atoms with Crippen molar-refractivity contribution in [1.82, 2.24) is 0 Å². The van der Waals surface area contributed by atoms with Gasteiger partial charge in [-0.1, -0.05) is 431 Å². The number of allylic oxidation sites excluding steroid dienone is 20. The van der Waals surface area contributed by atoms with Gasteiger partial charge in [0, 0.05) is 12.8 Å². The van der Waals surface area contributed by atoms with Gasteiger partial charge in [-0.15, -0.1) is 0 Å². The van der Waals surface area contributed by atoms with Gasteiger partial charge in [-0.25, -0.2) is 0 Å². The maximum Gasteiger partial charge on any atom is 0.306 e. The van der Waals surface area contributed by atoms with E-state index in [1.165, 1.54) is 270 Å². The van der Waals surface area contributed by atoms with Crippen LogP contribution >= 0.6 is 7.82 Å². The molecular formula is C94H168NO8P. The summed E-state index contributed by atoms with van der Waals surface area (Å²) >= 11 is 0. The van der Waals surface area contributed by atoms with Crippen molar-refractivity contribution >= 4 is 19.8 Å². The number of carbonyl (C=O) groups is 2. The van der Waals surface area contributed by atoms with E-state index in [-0.39, 0.29) is 32.0 Å². The lowest BCUT2D eigenvalue weighted by molar-refractivity contribution is -0.870. The van der Waals surface area contributed by atoms with Crippen molar-refractivity contribution in [3.63, 3.8) is 0 Å². The average molecular weight is 1470 g/mol. The second-order valence-electron chi connectivity index (χ2n) is 30.9. The molecule has 0 fully saturated rings. The fraction of sp³-hybridized carbons (Fsp3) is 0.766. The van der Waals surface area contributed by atoms with Gasteiger partial charge in [-0.05, 0) is 89.9 Å². The standard InChI is InChI=1S/C94H168NO8P/c1-6-8-10-12-14-16-18-20-22-24-26-28-30-32-34-36-38-40-42-44-46-47-49-50-52-54-56-58-60-62-64-66-68-70-72-74-76-78-80-82-84-86-93(96)100-90-92(91-102-104(98,99)101-89-88-95(3,4)5)103-94(97)87-85-83-81-79-77-75-73-71-69-67-65-63-61-59-57-55-53-51-48-45-43-41-39-37-35-33-31-29-27-25-23-21-19-17-15-13-11-9-7-2/h9,11,15,17,21,23,27,29,33,35,39,41,45,48,53,55,59,61,65,67,92H,6-8,10,12-14,16,18-20,22,24-26,28,30-32,34,36-38,40,42-44,46-47,49-52,54,56-58,60,62-64,66,68-91H2,1-5H3/b11-9-,17-15-,23-21-,29-27-,35-33-,41-39-,48-45-,55-53-,61-59-,67-65-. The van der Waals surface area contributed by atoms with Crippen LogP contribution in [0.2, 0.25) is 0 Å². The number of rotatable bonds is 82. The zero-order valence-electron chi connectivity index (χ0n) is 69.0. The molecule has 104 heavy (non-hydrogen) atoms. The smallest absolute Gasteiger partial charge is 0.306 e. The molecule has 0 spiro atoms. The fourth-order valence-electron chi connectivity index (χ4n) is 12.8. The molecule has 0 radical (unpaired) electrons. The maximum atomic E-state index is 12.9. The number of likely N-dealkylation sites (N-methyl/N-ethyl adjacent to an activating group) is 1. The van der Waals surface area contributed by atoms with Crippen LogP contribution in [0.4, 0.5) is 0 Å². The third kappa shape index (κ3) is 87.3. The Hall–Kier alpha value is -3.59. The molecule has 9 nitrogen and oxygen atoms in total. The first-order valence-electron chi connectivity index (χ1n) is 44.2. The van der Waals surface area contributed by atoms with Gasteiger partial charge in [0.2, 0.25) is 0 Å². The second-order valence-corrected chi connectivity index (χ2v) is 32.3. The molecule has 0 bridgehead atoms. The molecule has 0 saturated carbocycles. The van der Waals surface area contributed by atoms with Gasteiger partial charge in [0.25, 0.3) is 7.82 Å². The van der Waals surface area contributed by atoms with Crippen LogP contribution in [0.15, 0.2) is 122 Å². The van der Waals surface area contributed by atoms with Crippen LogP contribution in [-0.2, 0) is 32.7 Å². The molecule has 0 aromatic rings. The number of quaternary nitrogens is 1. The predicted molar refractivity (Wildman–Crippen MR) is 452 cm³/mol. The van der Waals surface area contributed by atoms with Crippen molar-refractivity contribution in [2.75, 3.05) is 47.5 Å². The highest BCUT2D eigenvalue weighted by Crippen LogP contribution is 2.38. The molecule has 2 atom stereocenters. The van der Waals surface area contributed by atoms with E-state index in [0.29, 0.717) is 17.4 Å². The van der Waals surface area contributed by atoms with Gasteiger partial charge in [0.05, 0.1) is 27.7 Å². The number of esters is 2. The predicted octanol–water partition coefficient (Wildman–Crippen LogP) is 29.4. The largest absolute Gasteiger partial charge is 0.756 e. The summed E-state index contributed by atoms with van der Waals surface area (Å²) in [6.07, 6.45) is 121. The van der Waals surface area contributed by atoms with Crippen LogP contribution in [0.3, 0.4) is 0 Å². The Morgan fingerprint density at radius 2 is 0.548 bits per heavy atom. The van der Waals surface area contributed by atoms with E-state index in [1.807, 2.05) is 21.1 Å². The van der Waals surface area contributed by atoms with Gasteiger partial charge >= 0.3 is 11.9 Å². The third-order valence-corrected chi connectivity index (χ3v) is 20.5. The number of phosphoric ester groups is 1. The summed E-state index contributed by atoms with van der Waals surface area (Å²) in [5.41, 5.74) is 0. The van der Waals surface area contributed by atoms with E-state index in [1.54, 1.807) is 0 Å². The first-order chi connectivity index (χ1) is 51.0. The molecule has 0 amide bonds. The number of nitrogens with zero attached hydrogens (tertiary/aromatic N) is 1. The number of ether oxygens (including phenoxy) is 2. The molecule has 0 aliphatic rings. The molecular weight excluding hydrogens is 1300 g/mol. The lowest BCUT2D eigenvalue weighted by Gasteiger charge is -2.28. The molecule has 0 aromatic heterocycles. The Bertz CT molecular complexity index is 2180. The highest BCUT2D eigenvalue weighted by atomic mass is 31.2. The lowest BCUT2D eigenvalue weighted by Crippen LogP contribution is -2.37. The normalized spacial score (nSPS) is 13.6.